The second kappa shape index (κ2) is 7.09. The lowest BCUT2D eigenvalue weighted by Crippen LogP contribution is -2.41. The second-order valence-electron chi connectivity index (χ2n) is 4.64. The van der Waals surface area contributed by atoms with Crippen LogP contribution in [0.3, 0.4) is 0 Å². The van der Waals surface area contributed by atoms with Crippen LogP contribution in [-0.4, -0.2) is 30.3 Å². The maximum Gasteiger partial charge on any atom is 0.255 e. The van der Waals surface area contributed by atoms with Gasteiger partial charge in [-0.3, -0.25) is 4.79 Å². The van der Waals surface area contributed by atoms with Gasteiger partial charge in [-0.1, -0.05) is 13.8 Å². The zero-order valence-corrected chi connectivity index (χ0v) is 11.4. The van der Waals surface area contributed by atoms with Gasteiger partial charge in [-0.2, -0.15) is 0 Å². The number of nitrogens with one attached hydrogen (secondary N) is 1. The molecule has 0 bridgehead atoms. The van der Waals surface area contributed by atoms with Crippen LogP contribution in [-0.2, 0) is 4.74 Å². The Morgan fingerprint density at radius 2 is 2.16 bits per heavy atom. The van der Waals surface area contributed by atoms with Crippen molar-refractivity contribution in [3.63, 3.8) is 0 Å². The quantitative estimate of drug-likeness (QED) is 0.833. The number of carbonyl (C=O) groups excluding carboxylic acids is 1. The number of carbonyl (C=O) groups is 1. The highest BCUT2D eigenvalue weighted by atomic mass is 19.1. The predicted octanol–water partition coefficient (Wildman–Crippen LogP) is 2.32. The first kappa shape index (κ1) is 15.4. The van der Waals surface area contributed by atoms with Gasteiger partial charge in [0.25, 0.3) is 5.91 Å². The van der Waals surface area contributed by atoms with Gasteiger partial charge < -0.3 is 15.2 Å². The van der Waals surface area contributed by atoms with E-state index in [0.717, 1.165) is 12.1 Å². The topological polar surface area (TPSA) is 58.6 Å². The van der Waals surface area contributed by atoms with Crippen LogP contribution in [0.2, 0.25) is 0 Å². The van der Waals surface area contributed by atoms with E-state index < -0.39 is 11.7 Å². The molecule has 19 heavy (non-hydrogen) atoms. The third-order valence-electron chi connectivity index (χ3n) is 2.83. The summed E-state index contributed by atoms with van der Waals surface area (Å²) >= 11 is 0. The van der Waals surface area contributed by atoms with Crippen LogP contribution in [0.25, 0.3) is 0 Å². The lowest BCUT2D eigenvalue weighted by molar-refractivity contribution is 0.0804. The van der Waals surface area contributed by atoms with Crippen LogP contribution in [0.15, 0.2) is 18.2 Å². The number of hydrogen-bond donors (Lipinski definition) is 2. The van der Waals surface area contributed by atoms with Crippen LogP contribution in [0.5, 0.6) is 5.75 Å². The summed E-state index contributed by atoms with van der Waals surface area (Å²) in [5.41, 5.74) is 0.0588. The molecule has 0 aromatic heterocycles. The molecule has 0 saturated carbocycles. The summed E-state index contributed by atoms with van der Waals surface area (Å²) in [7, 11) is 0. The third-order valence-corrected chi connectivity index (χ3v) is 2.83. The van der Waals surface area contributed by atoms with Gasteiger partial charge in [0, 0.05) is 12.7 Å². The highest BCUT2D eigenvalue weighted by Crippen LogP contribution is 2.18. The number of hydrogen-bond acceptors (Lipinski definition) is 3. The monoisotopic (exact) mass is 269 g/mol. The Balaban J connectivity index is 2.76. The molecule has 0 radical (unpaired) electrons. The Bertz CT molecular complexity index is 435. The van der Waals surface area contributed by atoms with Gasteiger partial charge in [0.2, 0.25) is 0 Å². The van der Waals surface area contributed by atoms with Gasteiger partial charge in [-0.15, -0.1) is 0 Å². The average molecular weight is 269 g/mol. The van der Waals surface area contributed by atoms with E-state index in [-0.39, 0.29) is 23.3 Å². The van der Waals surface area contributed by atoms with Crippen LogP contribution in [0.4, 0.5) is 4.39 Å². The number of amides is 1. The van der Waals surface area contributed by atoms with Gasteiger partial charge in [-0.25, -0.2) is 4.39 Å². The minimum Gasteiger partial charge on any atom is -0.507 e. The Labute approximate surface area is 112 Å². The molecular weight excluding hydrogens is 249 g/mol. The molecule has 1 aromatic rings. The molecule has 1 atom stereocenters. The van der Waals surface area contributed by atoms with E-state index in [1.807, 2.05) is 20.8 Å². The van der Waals surface area contributed by atoms with Crippen molar-refractivity contribution in [2.75, 3.05) is 13.2 Å². The van der Waals surface area contributed by atoms with Crippen LogP contribution in [0.1, 0.15) is 31.1 Å². The molecular formula is C14H20FNO3. The molecule has 2 N–H and O–H groups in total. The number of ether oxygens (including phenoxy) is 1. The lowest BCUT2D eigenvalue weighted by Gasteiger charge is -2.22. The molecule has 5 heteroatoms. The summed E-state index contributed by atoms with van der Waals surface area (Å²) < 4.78 is 18.2. The van der Waals surface area contributed by atoms with Gasteiger partial charge in [0.1, 0.15) is 11.6 Å². The highest BCUT2D eigenvalue weighted by Gasteiger charge is 2.19. The summed E-state index contributed by atoms with van der Waals surface area (Å²) in [6.45, 7) is 6.79. The minimum absolute atomic E-state index is 0.0588. The SMILES string of the molecule is CCOCC(NC(=O)c1ccc(F)cc1O)C(C)C. The molecule has 0 aliphatic carbocycles. The zero-order valence-electron chi connectivity index (χ0n) is 11.4. The van der Waals surface area contributed by atoms with Crippen molar-refractivity contribution in [3.05, 3.63) is 29.6 Å². The summed E-state index contributed by atoms with van der Waals surface area (Å²) in [6, 6.07) is 3.17. The molecule has 4 nitrogen and oxygen atoms in total. The zero-order chi connectivity index (χ0) is 14.4. The molecule has 0 fully saturated rings. The fourth-order valence-corrected chi connectivity index (χ4v) is 1.59. The van der Waals surface area contributed by atoms with Crippen molar-refractivity contribution >= 4 is 5.91 Å². The largest absolute Gasteiger partial charge is 0.507 e. The van der Waals surface area contributed by atoms with E-state index in [4.69, 9.17) is 4.74 Å². The number of benzene rings is 1. The summed E-state index contributed by atoms with van der Waals surface area (Å²) in [6.07, 6.45) is 0. The third kappa shape index (κ3) is 4.52. The Kier molecular flexibility index (Phi) is 5.76. The van der Waals surface area contributed by atoms with Crippen molar-refractivity contribution in [3.8, 4) is 5.75 Å². The van der Waals surface area contributed by atoms with E-state index in [1.54, 1.807) is 0 Å². The van der Waals surface area contributed by atoms with Crippen molar-refractivity contribution in [2.24, 2.45) is 5.92 Å². The summed E-state index contributed by atoms with van der Waals surface area (Å²) in [5, 5.41) is 12.3. The van der Waals surface area contributed by atoms with Crippen LogP contribution >= 0.6 is 0 Å². The van der Waals surface area contributed by atoms with Crippen molar-refractivity contribution < 1.29 is 19.0 Å². The molecule has 0 heterocycles. The molecule has 1 rings (SSSR count). The van der Waals surface area contributed by atoms with Crippen LogP contribution < -0.4 is 5.32 Å². The van der Waals surface area contributed by atoms with Gasteiger partial charge in [0.05, 0.1) is 18.2 Å². The van der Waals surface area contributed by atoms with E-state index in [9.17, 15) is 14.3 Å². The smallest absolute Gasteiger partial charge is 0.255 e. The molecule has 1 aromatic carbocycles. The molecule has 0 aliphatic heterocycles. The van der Waals surface area contributed by atoms with Crippen molar-refractivity contribution in [1.29, 1.82) is 0 Å². The summed E-state index contributed by atoms with van der Waals surface area (Å²) in [5.74, 6) is -1.19. The first-order chi connectivity index (χ1) is 8.95. The summed E-state index contributed by atoms with van der Waals surface area (Å²) in [4.78, 5) is 12.0. The average Bonchev–Trinajstić information content (AvgIpc) is 2.33. The van der Waals surface area contributed by atoms with E-state index >= 15 is 0 Å². The number of phenols is 1. The number of halogens is 1. The van der Waals surface area contributed by atoms with Crippen LogP contribution in [0, 0.1) is 11.7 Å². The number of phenolic OH excluding ortho intramolecular Hbond substituents is 1. The van der Waals surface area contributed by atoms with E-state index in [2.05, 4.69) is 5.32 Å². The maximum absolute atomic E-state index is 12.9. The fourth-order valence-electron chi connectivity index (χ4n) is 1.59. The molecule has 0 aliphatic rings. The molecule has 1 unspecified atom stereocenters. The Morgan fingerprint density at radius 3 is 2.68 bits per heavy atom. The number of rotatable bonds is 6. The second-order valence-corrected chi connectivity index (χ2v) is 4.64. The lowest BCUT2D eigenvalue weighted by atomic mass is 10.0. The first-order valence-corrected chi connectivity index (χ1v) is 6.32. The van der Waals surface area contributed by atoms with Crippen molar-refractivity contribution in [1.82, 2.24) is 5.32 Å². The van der Waals surface area contributed by atoms with E-state index in [0.29, 0.717) is 13.2 Å². The Hall–Kier alpha value is -1.62. The van der Waals surface area contributed by atoms with Gasteiger partial charge in [0.15, 0.2) is 0 Å². The highest BCUT2D eigenvalue weighted by molar-refractivity contribution is 5.96. The molecule has 106 valence electrons. The first-order valence-electron chi connectivity index (χ1n) is 6.32. The normalized spacial score (nSPS) is 12.5. The molecule has 0 saturated heterocycles. The predicted molar refractivity (Wildman–Crippen MR) is 70.7 cm³/mol. The van der Waals surface area contributed by atoms with E-state index in [1.165, 1.54) is 6.07 Å². The standard InChI is InChI=1S/C14H20FNO3/c1-4-19-8-12(9(2)3)16-14(18)11-6-5-10(15)7-13(11)17/h5-7,9,12,17H,4,8H2,1-3H3,(H,16,18). The van der Waals surface area contributed by atoms with Gasteiger partial charge in [-0.05, 0) is 25.0 Å². The number of aromatic hydroxyl groups is 1. The maximum atomic E-state index is 12.9. The van der Waals surface area contributed by atoms with Crippen molar-refractivity contribution in [2.45, 2.75) is 26.8 Å². The molecule has 0 spiro atoms. The minimum atomic E-state index is -0.580. The van der Waals surface area contributed by atoms with Gasteiger partial charge >= 0.3 is 0 Å². The Morgan fingerprint density at radius 1 is 1.47 bits per heavy atom. The molecule has 1 amide bonds. The fraction of sp³-hybridized carbons (Fsp3) is 0.500.